The molecule has 6 nitrogen and oxygen atoms in total. The zero-order chi connectivity index (χ0) is 20.4. The van der Waals surface area contributed by atoms with Crippen LogP contribution in [0.4, 0.5) is 0 Å². The lowest BCUT2D eigenvalue weighted by molar-refractivity contribution is -0.123. The maximum absolute atomic E-state index is 12.8. The number of hydrogen-bond acceptors (Lipinski definition) is 4. The number of carbonyl (C=O) groups excluding carboxylic acids is 2. The number of pyridine rings is 1. The second-order valence-corrected chi connectivity index (χ2v) is 7.94. The molecule has 0 aliphatic heterocycles. The molecule has 3 atom stereocenters. The molecule has 0 spiro atoms. The summed E-state index contributed by atoms with van der Waals surface area (Å²) in [5.41, 5.74) is 2.88. The summed E-state index contributed by atoms with van der Waals surface area (Å²) in [7, 11) is 0. The number of benzene rings is 1. The number of ketones is 1. The molecule has 0 bridgehead atoms. The number of rotatable bonds is 6. The van der Waals surface area contributed by atoms with Crippen molar-refractivity contribution in [1.82, 2.24) is 19.9 Å². The molecule has 0 radical (unpaired) electrons. The Kier molecular flexibility index (Phi) is 5.43. The molecule has 1 fully saturated rings. The highest BCUT2D eigenvalue weighted by molar-refractivity contribution is 5.84. The minimum atomic E-state index is -0.279. The van der Waals surface area contributed by atoms with E-state index in [1.807, 2.05) is 66.9 Å². The third-order valence-electron chi connectivity index (χ3n) is 5.87. The molecule has 1 aliphatic rings. The average molecular weight is 390 g/mol. The van der Waals surface area contributed by atoms with Gasteiger partial charge in [-0.05, 0) is 56.4 Å². The van der Waals surface area contributed by atoms with Crippen LogP contribution in [-0.2, 0) is 16.0 Å². The molecule has 6 heteroatoms. The van der Waals surface area contributed by atoms with Crippen molar-refractivity contribution >= 4 is 17.3 Å². The first-order valence-corrected chi connectivity index (χ1v) is 10.2. The molecule has 2 heterocycles. The highest BCUT2D eigenvalue weighted by Crippen LogP contribution is 2.26. The molecule has 29 heavy (non-hydrogen) atoms. The van der Waals surface area contributed by atoms with E-state index in [0.717, 1.165) is 42.5 Å². The number of hydrogen-bond donors (Lipinski definition) is 1. The third kappa shape index (κ3) is 4.06. The fourth-order valence-corrected chi connectivity index (χ4v) is 4.04. The van der Waals surface area contributed by atoms with Gasteiger partial charge in [-0.1, -0.05) is 30.3 Å². The molecule has 3 aromatic rings. The molecule has 4 rings (SSSR count). The van der Waals surface area contributed by atoms with Gasteiger partial charge >= 0.3 is 0 Å². The van der Waals surface area contributed by atoms with Crippen LogP contribution in [0.5, 0.6) is 0 Å². The molecule has 0 unspecified atom stereocenters. The molecule has 0 saturated heterocycles. The van der Waals surface area contributed by atoms with E-state index in [-0.39, 0.29) is 23.8 Å². The Balaban J connectivity index is 1.40. The molecule has 2 aromatic heterocycles. The van der Waals surface area contributed by atoms with Crippen LogP contribution < -0.4 is 5.32 Å². The SMILES string of the molecule is C[C@H](NC(=O)[C@H](C)c1ccc(C[C@H]2CCCC2=O)cc1)c1nnc2ccccn12. The van der Waals surface area contributed by atoms with Crippen LogP contribution in [0, 0.1) is 5.92 Å². The Morgan fingerprint density at radius 3 is 2.69 bits per heavy atom. The lowest BCUT2D eigenvalue weighted by atomic mass is 9.94. The minimum absolute atomic E-state index is 0.0519. The number of fused-ring (bicyclic) bond motifs is 1. The zero-order valence-corrected chi connectivity index (χ0v) is 16.8. The van der Waals surface area contributed by atoms with Gasteiger partial charge in [0.15, 0.2) is 11.5 Å². The maximum atomic E-state index is 12.8. The Bertz CT molecular complexity index is 1020. The van der Waals surface area contributed by atoms with Gasteiger partial charge in [0, 0.05) is 18.5 Å². The Morgan fingerprint density at radius 1 is 1.17 bits per heavy atom. The number of nitrogens with one attached hydrogen (secondary N) is 1. The summed E-state index contributed by atoms with van der Waals surface area (Å²) < 4.78 is 1.88. The van der Waals surface area contributed by atoms with Crippen molar-refractivity contribution < 1.29 is 9.59 Å². The summed E-state index contributed by atoms with van der Waals surface area (Å²) in [6, 6.07) is 13.5. The molecule has 1 saturated carbocycles. The van der Waals surface area contributed by atoms with Crippen molar-refractivity contribution in [2.24, 2.45) is 5.92 Å². The topological polar surface area (TPSA) is 76.4 Å². The van der Waals surface area contributed by atoms with Gasteiger partial charge in [0.2, 0.25) is 5.91 Å². The second kappa shape index (κ2) is 8.15. The van der Waals surface area contributed by atoms with Gasteiger partial charge in [0.25, 0.3) is 0 Å². The predicted molar refractivity (Wildman–Crippen MR) is 110 cm³/mol. The normalized spacial score (nSPS) is 18.7. The van der Waals surface area contributed by atoms with Gasteiger partial charge in [-0.25, -0.2) is 0 Å². The van der Waals surface area contributed by atoms with Crippen LogP contribution in [0.15, 0.2) is 48.7 Å². The van der Waals surface area contributed by atoms with Crippen LogP contribution in [0.25, 0.3) is 5.65 Å². The first-order valence-electron chi connectivity index (χ1n) is 10.2. The predicted octanol–water partition coefficient (Wildman–Crippen LogP) is 3.62. The van der Waals surface area contributed by atoms with Crippen molar-refractivity contribution in [1.29, 1.82) is 0 Å². The smallest absolute Gasteiger partial charge is 0.227 e. The van der Waals surface area contributed by atoms with E-state index in [4.69, 9.17) is 0 Å². The van der Waals surface area contributed by atoms with Crippen LogP contribution in [0.1, 0.15) is 62.0 Å². The summed E-state index contributed by atoms with van der Waals surface area (Å²) in [5.74, 6) is 0.928. The van der Waals surface area contributed by atoms with E-state index in [1.54, 1.807) is 0 Å². The monoisotopic (exact) mass is 390 g/mol. The number of carbonyl (C=O) groups is 2. The van der Waals surface area contributed by atoms with Crippen molar-refractivity contribution in [3.63, 3.8) is 0 Å². The lowest BCUT2D eigenvalue weighted by Crippen LogP contribution is -2.31. The number of amides is 1. The first-order chi connectivity index (χ1) is 14.0. The fourth-order valence-electron chi connectivity index (χ4n) is 4.04. The summed E-state index contributed by atoms with van der Waals surface area (Å²) in [6.45, 7) is 3.81. The molecular formula is C23H26N4O2. The van der Waals surface area contributed by atoms with Crippen molar-refractivity contribution in [3.8, 4) is 0 Å². The van der Waals surface area contributed by atoms with Gasteiger partial charge in [0.1, 0.15) is 5.78 Å². The third-order valence-corrected chi connectivity index (χ3v) is 5.87. The van der Waals surface area contributed by atoms with E-state index in [2.05, 4.69) is 15.5 Å². The molecule has 1 aliphatic carbocycles. The molecular weight excluding hydrogens is 364 g/mol. The van der Waals surface area contributed by atoms with Crippen LogP contribution in [0.3, 0.4) is 0 Å². The quantitative estimate of drug-likeness (QED) is 0.697. The molecule has 1 amide bonds. The number of aromatic nitrogens is 3. The highest BCUT2D eigenvalue weighted by atomic mass is 16.2. The summed E-state index contributed by atoms with van der Waals surface area (Å²) >= 11 is 0. The van der Waals surface area contributed by atoms with E-state index in [9.17, 15) is 9.59 Å². The second-order valence-electron chi connectivity index (χ2n) is 7.94. The van der Waals surface area contributed by atoms with Crippen molar-refractivity contribution in [2.75, 3.05) is 0 Å². The highest BCUT2D eigenvalue weighted by Gasteiger charge is 2.25. The van der Waals surface area contributed by atoms with Gasteiger partial charge in [-0.15, -0.1) is 10.2 Å². The van der Waals surface area contributed by atoms with E-state index < -0.39 is 0 Å². The zero-order valence-electron chi connectivity index (χ0n) is 16.8. The Morgan fingerprint density at radius 2 is 1.97 bits per heavy atom. The summed E-state index contributed by atoms with van der Waals surface area (Å²) in [4.78, 5) is 24.6. The largest absolute Gasteiger partial charge is 0.346 e. The molecule has 150 valence electrons. The van der Waals surface area contributed by atoms with E-state index in [0.29, 0.717) is 11.6 Å². The minimum Gasteiger partial charge on any atom is -0.346 e. The number of nitrogens with zero attached hydrogens (tertiary/aromatic N) is 3. The van der Waals surface area contributed by atoms with Crippen LogP contribution in [0.2, 0.25) is 0 Å². The van der Waals surface area contributed by atoms with Gasteiger partial charge in [-0.3, -0.25) is 14.0 Å². The summed E-state index contributed by atoms with van der Waals surface area (Å²) in [5, 5.41) is 11.4. The van der Waals surface area contributed by atoms with Gasteiger partial charge in [0.05, 0.1) is 12.0 Å². The van der Waals surface area contributed by atoms with Gasteiger partial charge < -0.3 is 5.32 Å². The van der Waals surface area contributed by atoms with E-state index in [1.165, 1.54) is 0 Å². The molecule has 1 aromatic carbocycles. The van der Waals surface area contributed by atoms with Gasteiger partial charge in [-0.2, -0.15) is 0 Å². The Labute approximate surface area is 170 Å². The molecule has 1 N–H and O–H groups in total. The Hall–Kier alpha value is -3.02. The van der Waals surface area contributed by atoms with Crippen LogP contribution >= 0.6 is 0 Å². The van der Waals surface area contributed by atoms with Crippen LogP contribution in [-0.4, -0.2) is 26.3 Å². The number of Topliss-reactive ketones (excluding diaryl/α,β-unsaturated/α-hetero) is 1. The lowest BCUT2D eigenvalue weighted by Gasteiger charge is -2.17. The standard InChI is InChI=1S/C23H26N4O2/c1-15(18-11-9-17(10-12-18)14-19-6-5-7-20(19)28)23(29)24-16(2)22-26-25-21-8-3-4-13-27(21)22/h3-4,8-13,15-16,19H,5-7,14H2,1-2H3,(H,24,29)/t15-,16+,19-/m1/s1. The van der Waals surface area contributed by atoms with E-state index >= 15 is 0 Å². The average Bonchev–Trinajstić information content (AvgIpc) is 3.34. The van der Waals surface area contributed by atoms with Crippen molar-refractivity contribution in [2.45, 2.75) is 51.5 Å². The first kappa shape index (κ1) is 19.3. The fraction of sp³-hybridized carbons (Fsp3) is 0.391. The maximum Gasteiger partial charge on any atom is 0.227 e. The summed E-state index contributed by atoms with van der Waals surface area (Å²) in [6.07, 6.45) is 5.42. The van der Waals surface area contributed by atoms with Crippen molar-refractivity contribution in [3.05, 3.63) is 65.6 Å².